The third kappa shape index (κ3) is 6.74. The summed E-state index contributed by atoms with van der Waals surface area (Å²) in [5.74, 6) is 0.928. The second-order valence-electron chi connectivity index (χ2n) is 3.53. The summed E-state index contributed by atoms with van der Waals surface area (Å²) in [6, 6.07) is 0. The lowest BCUT2D eigenvalue weighted by Crippen LogP contribution is -2.03. The van der Waals surface area contributed by atoms with Crippen LogP contribution >= 0.6 is 11.8 Å². The van der Waals surface area contributed by atoms with Crippen molar-refractivity contribution in [3.63, 3.8) is 0 Å². The molecule has 0 aliphatic rings. The van der Waals surface area contributed by atoms with E-state index in [4.69, 9.17) is 0 Å². The Morgan fingerprint density at radius 2 is 1.91 bits per heavy atom. The quantitative estimate of drug-likeness (QED) is 0.587. The van der Waals surface area contributed by atoms with Crippen LogP contribution in [0.25, 0.3) is 0 Å². The highest BCUT2D eigenvalue weighted by molar-refractivity contribution is 7.99. The zero-order chi connectivity index (χ0) is 8.69. The zero-order valence-corrected chi connectivity index (χ0v) is 9.21. The lowest BCUT2D eigenvalue weighted by atomic mass is 9.99. The highest BCUT2D eigenvalue weighted by Crippen LogP contribution is 2.19. The molecule has 0 saturated heterocycles. The molecule has 0 bridgehead atoms. The summed E-state index contributed by atoms with van der Waals surface area (Å²) in [6.07, 6.45) is 7.76. The molecule has 2 unspecified atom stereocenters. The minimum atomic E-state index is 0.849. The topological polar surface area (TPSA) is 0 Å². The van der Waals surface area contributed by atoms with E-state index in [-0.39, 0.29) is 0 Å². The van der Waals surface area contributed by atoms with Gasteiger partial charge in [0.05, 0.1) is 0 Å². The summed E-state index contributed by atoms with van der Waals surface area (Å²) in [5, 5.41) is 0.849. The monoisotopic (exact) mass is 174 g/mol. The molecule has 68 valence electrons. The molecular weight excluding hydrogens is 152 g/mol. The summed E-state index contributed by atoms with van der Waals surface area (Å²) >= 11 is 1.99. The molecule has 0 aromatic rings. The van der Waals surface area contributed by atoms with Crippen LogP contribution in [0.15, 0.2) is 0 Å². The van der Waals surface area contributed by atoms with Gasteiger partial charge < -0.3 is 0 Å². The van der Waals surface area contributed by atoms with E-state index in [0.717, 1.165) is 11.2 Å². The van der Waals surface area contributed by atoms with Crippen LogP contribution in [0.3, 0.4) is 0 Å². The van der Waals surface area contributed by atoms with Gasteiger partial charge in [0.25, 0.3) is 0 Å². The van der Waals surface area contributed by atoms with E-state index in [9.17, 15) is 0 Å². The SMILES string of the molecule is CCCCC(C)CC(C)SC. The van der Waals surface area contributed by atoms with Gasteiger partial charge in [-0.1, -0.05) is 40.0 Å². The Hall–Kier alpha value is 0.350. The molecule has 0 nitrogen and oxygen atoms in total. The van der Waals surface area contributed by atoms with E-state index in [1.165, 1.54) is 25.7 Å². The normalized spacial score (nSPS) is 16.4. The third-order valence-electron chi connectivity index (χ3n) is 2.19. The van der Waals surface area contributed by atoms with Crippen molar-refractivity contribution in [2.75, 3.05) is 6.26 Å². The minimum absolute atomic E-state index is 0.849. The number of hydrogen-bond acceptors (Lipinski definition) is 1. The molecule has 11 heavy (non-hydrogen) atoms. The zero-order valence-electron chi connectivity index (χ0n) is 8.39. The Bertz CT molecular complexity index is 80.9. The van der Waals surface area contributed by atoms with Crippen molar-refractivity contribution in [2.45, 2.75) is 51.7 Å². The van der Waals surface area contributed by atoms with Crippen molar-refractivity contribution in [1.29, 1.82) is 0 Å². The number of thioether (sulfide) groups is 1. The summed E-state index contributed by atoms with van der Waals surface area (Å²) in [7, 11) is 0. The van der Waals surface area contributed by atoms with Gasteiger partial charge in [-0.05, 0) is 18.6 Å². The second kappa shape index (κ2) is 7.02. The largest absolute Gasteiger partial charge is 0.162 e. The van der Waals surface area contributed by atoms with Gasteiger partial charge in [-0.25, -0.2) is 0 Å². The maximum atomic E-state index is 2.38. The summed E-state index contributed by atoms with van der Waals surface area (Å²) < 4.78 is 0. The summed E-state index contributed by atoms with van der Waals surface area (Å²) in [6.45, 7) is 6.97. The smallest absolute Gasteiger partial charge is 0.00184 e. The van der Waals surface area contributed by atoms with Crippen molar-refractivity contribution in [2.24, 2.45) is 5.92 Å². The predicted octanol–water partition coefficient (Wildman–Crippen LogP) is 3.95. The van der Waals surface area contributed by atoms with Crippen molar-refractivity contribution < 1.29 is 0 Å². The lowest BCUT2D eigenvalue weighted by Gasteiger charge is -2.14. The standard InChI is InChI=1S/C10H22S/c1-5-6-7-9(2)8-10(3)11-4/h9-10H,5-8H2,1-4H3. The molecule has 0 aliphatic heterocycles. The predicted molar refractivity (Wildman–Crippen MR) is 56.3 cm³/mol. The summed E-state index contributed by atoms with van der Waals surface area (Å²) in [5.41, 5.74) is 0. The molecule has 0 heterocycles. The molecule has 0 aromatic heterocycles. The van der Waals surface area contributed by atoms with Gasteiger partial charge in [-0.15, -0.1) is 0 Å². The van der Waals surface area contributed by atoms with Crippen LogP contribution in [0.1, 0.15) is 46.5 Å². The van der Waals surface area contributed by atoms with Crippen LogP contribution in [-0.2, 0) is 0 Å². The van der Waals surface area contributed by atoms with Crippen molar-refractivity contribution >= 4 is 11.8 Å². The number of rotatable bonds is 6. The molecule has 0 amide bonds. The van der Waals surface area contributed by atoms with E-state index < -0.39 is 0 Å². The first-order valence-electron chi connectivity index (χ1n) is 4.73. The highest BCUT2D eigenvalue weighted by Gasteiger charge is 2.06. The van der Waals surface area contributed by atoms with Crippen LogP contribution < -0.4 is 0 Å². The third-order valence-corrected chi connectivity index (χ3v) is 3.18. The maximum absolute atomic E-state index is 2.38. The fourth-order valence-corrected chi connectivity index (χ4v) is 1.85. The van der Waals surface area contributed by atoms with Crippen LogP contribution in [-0.4, -0.2) is 11.5 Å². The first-order valence-corrected chi connectivity index (χ1v) is 6.02. The van der Waals surface area contributed by atoms with Gasteiger partial charge in [0.15, 0.2) is 0 Å². The van der Waals surface area contributed by atoms with Crippen LogP contribution in [0.2, 0.25) is 0 Å². The number of hydrogen-bond donors (Lipinski definition) is 0. The minimum Gasteiger partial charge on any atom is -0.162 e. The van der Waals surface area contributed by atoms with E-state index in [0.29, 0.717) is 0 Å². The van der Waals surface area contributed by atoms with Gasteiger partial charge in [-0.2, -0.15) is 11.8 Å². The molecule has 0 fully saturated rings. The van der Waals surface area contributed by atoms with Gasteiger partial charge in [-0.3, -0.25) is 0 Å². The van der Waals surface area contributed by atoms with Gasteiger partial charge in [0.2, 0.25) is 0 Å². The molecule has 0 aromatic carbocycles. The first-order chi connectivity index (χ1) is 5.20. The Morgan fingerprint density at radius 1 is 1.27 bits per heavy atom. The average molecular weight is 174 g/mol. The van der Waals surface area contributed by atoms with E-state index in [1.54, 1.807) is 0 Å². The molecule has 0 aliphatic carbocycles. The molecule has 1 heteroatoms. The Balaban J connectivity index is 3.27. The van der Waals surface area contributed by atoms with Gasteiger partial charge >= 0.3 is 0 Å². The lowest BCUT2D eigenvalue weighted by molar-refractivity contribution is 0.472. The van der Waals surface area contributed by atoms with Gasteiger partial charge in [0, 0.05) is 5.25 Å². The molecule has 0 N–H and O–H groups in total. The second-order valence-corrected chi connectivity index (χ2v) is 4.81. The van der Waals surface area contributed by atoms with Crippen molar-refractivity contribution in [1.82, 2.24) is 0 Å². The molecule has 0 spiro atoms. The Labute approximate surface area is 76.1 Å². The first kappa shape index (κ1) is 11.4. The fraction of sp³-hybridized carbons (Fsp3) is 1.00. The van der Waals surface area contributed by atoms with Gasteiger partial charge in [0.1, 0.15) is 0 Å². The highest BCUT2D eigenvalue weighted by atomic mass is 32.2. The van der Waals surface area contributed by atoms with Crippen molar-refractivity contribution in [3.8, 4) is 0 Å². The van der Waals surface area contributed by atoms with E-state index in [1.807, 2.05) is 11.8 Å². The molecule has 2 atom stereocenters. The van der Waals surface area contributed by atoms with E-state index in [2.05, 4.69) is 27.0 Å². The molecule has 0 rings (SSSR count). The van der Waals surface area contributed by atoms with Crippen LogP contribution in [0.5, 0.6) is 0 Å². The molecular formula is C10H22S. The van der Waals surface area contributed by atoms with Crippen molar-refractivity contribution in [3.05, 3.63) is 0 Å². The average Bonchev–Trinajstić information content (AvgIpc) is 2.00. The van der Waals surface area contributed by atoms with E-state index >= 15 is 0 Å². The maximum Gasteiger partial charge on any atom is 0.00184 e. The molecule has 0 saturated carbocycles. The summed E-state index contributed by atoms with van der Waals surface area (Å²) in [4.78, 5) is 0. The fourth-order valence-electron chi connectivity index (χ4n) is 1.33. The van der Waals surface area contributed by atoms with Crippen LogP contribution in [0, 0.1) is 5.92 Å². The Kier molecular flexibility index (Phi) is 7.25. The number of unbranched alkanes of at least 4 members (excludes halogenated alkanes) is 1. The Morgan fingerprint density at radius 3 is 2.36 bits per heavy atom. The molecule has 0 radical (unpaired) electrons. The van der Waals surface area contributed by atoms with Crippen LogP contribution in [0.4, 0.5) is 0 Å².